The van der Waals surface area contributed by atoms with E-state index in [0.717, 1.165) is 12.5 Å². The van der Waals surface area contributed by atoms with Crippen LogP contribution in [0.3, 0.4) is 0 Å². The molecule has 0 N–H and O–H groups in total. The first-order chi connectivity index (χ1) is 14.7. The molecule has 0 bridgehead atoms. The first-order valence-electron chi connectivity index (χ1n) is 8.84. The molecular weight excluding hydrogens is 427 g/mol. The van der Waals surface area contributed by atoms with Crippen LogP contribution in [0.25, 0.3) is 17.3 Å². The molecule has 0 amide bonds. The maximum atomic E-state index is 13.0. The third-order valence-corrected chi connectivity index (χ3v) is 4.22. The van der Waals surface area contributed by atoms with Crippen LogP contribution in [0.5, 0.6) is 0 Å². The van der Waals surface area contributed by atoms with Crippen LogP contribution in [0.4, 0.5) is 19.0 Å². The number of alkyl halides is 3. The molecule has 0 saturated carbocycles. The topological polar surface area (TPSA) is 130 Å². The minimum atomic E-state index is -5.29. The summed E-state index contributed by atoms with van der Waals surface area (Å²) in [5.41, 5.74) is -1.19. The van der Waals surface area contributed by atoms with Gasteiger partial charge in [-0.2, -0.15) is 22.8 Å². The molecule has 0 unspecified atom stereocenters. The van der Waals surface area contributed by atoms with Gasteiger partial charge in [-0.05, 0) is 6.92 Å². The summed E-state index contributed by atoms with van der Waals surface area (Å²) < 4.78 is 49.1. The number of halogens is 3. The van der Waals surface area contributed by atoms with Crippen LogP contribution in [-0.4, -0.2) is 68.1 Å². The number of carbonyl (C=O) groups excluding carboxylic acids is 1. The van der Waals surface area contributed by atoms with E-state index in [4.69, 9.17) is 9.26 Å². The molecule has 31 heavy (non-hydrogen) atoms. The number of aryl methyl sites for hydroxylation is 1. The molecule has 1 fully saturated rings. The minimum Gasteiger partial charge on any atom is -0.378 e. The number of rotatable bonds is 4. The van der Waals surface area contributed by atoms with Crippen molar-refractivity contribution in [2.75, 3.05) is 31.2 Å². The van der Waals surface area contributed by atoms with E-state index in [1.165, 1.54) is 13.0 Å². The molecule has 0 spiro atoms. The lowest BCUT2D eigenvalue weighted by molar-refractivity contribution is -0.202. The quantitative estimate of drug-likeness (QED) is 0.551. The largest absolute Gasteiger partial charge is 0.493 e. The predicted octanol–water partition coefficient (Wildman–Crippen LogP) is 0.142. The Kier molecular flexibility index (Phi) is 5.18. The van der Waals surface area contributed by atoms with Crippen LogP contribution >= 0.6 is 0 Å². The van der Waals surface area contributed by atoms with Gasteiger partial charge in [0.1, 0.15) is 17.7 Å². The number of hydrogen-bond acceptors (Lipinski definition) is 10. The Labute approximate surface area is 170 Å². The van der Waals surface area contributed by atoms with E-state index in [2.05, 4.69) is 24.9 Å². The summed E-state index contributed by atoms with van der Waals surface area (Å²) >= 11 is 0. The van der Waals surface area contributed by atoms with Crippen LogP contribution in [-0.2, 0) is 9.53 Å². The van der Waals surface area contributed by atoms with E-state index >= 15 is 0 Å². The fraction of sp³-hybridized carbons (Fsp3) is 0.375. The number of hydrogen-bond donors (Lipinski definition) is 0. The van der Waals surface area contributed by atoms with Gasteiger partial charge in [-0.3, -0.25) is 4.79 Å². The first kappa shape index (κ1) is 20.5. The van der Waals surface area contributed by atoms with Crippen molar-refractivity contribution in [1.82, 2.24) is 29.6 Å². The predicted molar refractivity (Wildman–Crippen MR) is 94.3 cm³/mol. The van der Waals surface area contributed by atoms with E-state index in [0.29, 0.717) is 41.6 Å². The summed E-state index contributed by atoms with van der Waals surface area (Å²) in [7, 11) is 0. The number of aromatic nitrogens is 6. The highest BCUT2D eigenvalue weighted by atomic mass is 19.4. The Hall–Kier alpha value is -3.75. The molecule has 1 aliphatic heterocycles. The van der Waals surface area contributed by atoms with Crippen molar-refractivity contribution in [2.45, 2.75) is 13.1 Å². The van der Waals surface area contributed by atoms with Gasteiger partial charge in [0, 0.05) is 19.2 Å². The Morgan fingerprint density at radius 2 is 1.90 bits per heavy atom. The minimum absolute atomic E-state index is 0.140. The molecule has 0 aromatic carbocycles. The third kappa shape index (κ3) is 4.11. The van der Waals surface area contributed by atoms with Crippen molar-refractivity contribution >= 4 is 11.8 Å². The van der Waals surface area contributed by atoms with Crippen LogP contribution in [0, 0.1) is 6.92 Å². The summed E-state index contributed by atoms with van der Waals surface area (Å²) in [6.45, 7) is 3.44. The standard InChI is InChI=1S/C16H14F3N7O5/c1-9-22-13(30-23-9)10-7-25(31-15(28)16(17,18)19)26(14(10)27)12-6-11(20-8-21-12)24-2-4-29-5-3-24/h6-8H,2-5H2,1H3. The fourth-order valence-electron chi connectivity index (χ4n) is 2.81. The molecule has 0 aliphatic carbocycles. The van der Waals surface area contributed by atoms with Crippen molar-refractivity contribution in [3.8, 4) is 17.3 Å². The normalized spacial score (nSPS) is 14.6. The van der Waals surface area contributed by atoms with Gasteiger partial charge in [-0.25, -0.2) is 14.8 Å². The zero-order valence-electron chi connectivity index (χ0n) is 15.9. The summed E-state index contributed by atoms with van der Waals surface area (Å²) in [6.07, 6.45) is -3.33. The van der Waals surface area contributed by atoms with Crippen molar-refractivity contribution < 1.29 is 32.1 Å². The van der Waals surface area contributed by atoms with E-state index in [-0.39, 0.29) is 23.1 Å². The fourth-order valence-corrected chi connectivity index (χ4v) is 2.81. The second-order valence-electron chi connectivity index (χ2n) is 6.32. The highest BCUT2D eigenvalue weighted by molar-refractivity contribution is 5.75. The molecule has 0 radical (unpaired) electrons. The van der Waals surface area contributed by atoms with Crippen LogP contribution in [0.2, 0.25) is 0 Å². The van der Waals surface area contributed by atoms with Crippen molar-refractivity contribution in [3.05, 3.63) is 34.8 Å². The molecular formula is C16H14F3N7O5. The monoisotopic (exact) mass is 441 g/mol. The summed E-state index contributed by atoms with van der Waals surface area (Å²) in [5, 5.41) is 3.55. The summed E-state index contributed by atoms with van der Waals surface area (Å²) in [5.74, 6) is -2.34. The lowest BCUT2D eigenvalue weighted by atomic mass is 10.3. The average molecular weight is 441 g/mol. The summed E-state index contributed by atoms with van der Waals surface area (Å²) in [4.78, 5) is 42.9. The number of morpholine rings is 1. The lowest BCUT2D eigenvalue weighted by Gasteiger charge is -2.27. The van der Waals surface area contributed by atoms with Gasteiger partial charge in [0.2, 0.25) is 0 Å². The first-order valence-corrected chi connectivity index (χ1v) is 8.84. The highest BCUT2D eigenvalue weighted by Crippen LogP contribution is 2.19. The summed E-state index contributed by atoms with van der Waals surface area (Å²) in [6, 6.07) is 1.37. The molecule has 164 valence electrons. The number of anilines is 1. The van der Waals surface area contributed by atoms with Gasteiger partial charge in [0.25, 0.3) is 11.4 Å². The molecule has 1 aliphatic rings. The smallest absolute Gasteiger partial charge is 0.378 e. The van der Waals surface area contributed by atoms with E-state index in [1.807, 2.05) is 4.90 Å². The molecule has 12 nitrogen and oxygen atoms in total. The second-order valence-corrected chi connectivity index (χ2v) is 6.32. The van der Waals surface area contributed by atoms with E-state index in [9.17, 15) is 22.8 Å². The molecule has 4 rings (SSSR count). The van der Waals surface area contributed by atoms with Crippen molar-refractivity contribution in [3.63, 3.8) is 0 Å². The van der Waals surface area contributed by atoms with Gasteiger partial charge < -0.3 is 19.0 Å². The Morgan fingerprint density at radius 3 is 2.55 bits per heavy atom. The van der Waals surface area contributed by atoms with Crippen LogP contribution in [0.1, 0.15) is 5.82 Å². The Bertz CT molecular complexity index is 1160. The molecule has 3 aromatic heterocycles. The second kappa shape index (κ2) is 7.82. The van der Waals surface area contributed by atoms with Crippen LogP contribution < -0.4 is 15.3 Å². The van der Waals surface area contributed by atoms with Gasteiger partial charge in [0.15, 0.2) is 11.6 Å². The SMILES string of the molecule is Cc1noc(-c2cn(OC(=O)C(F)(F)F)n(-c3cc(N4CCOCC4)ncn3)c2=O)n1. The molecule has 4 heterocycles. The molecule has 15 heteroatoms. The number of carbonyl (C=O) groups is 1. The third-order valence-electron chi connectivity index (χ3n) is 4.22. The van der Waals surface area contributed by atoms with E-state index < -0.39 is 17.7 Å². The number of ether oxygens (including phenoxy) is 1. The Balaban J connectivity index is 1.81. The Morgan fingerprint density at radius 1 is 1.19 bits per heavy atom. The van der Waals surface area contributed by atoms with Gasteiger partial charge >= 0.3 is 12.1 Å². The molecule has 1 saturated heterocycles. The van der Waals surface area contributed by atoms with Crippen molar-refractivity contribution in [1.29, 1.82) is 0 Å². The molecule has 3 aromatic rings. The maximum Gasteiger partial charge on any atom is 0.493 e. The lowest BCUT2D eigenvalue weighted by Crippen LogP contribution is -2.38. The van der Waals surface area contributed by atoms with Crippen LogP contribution in [0.15, 0.2) is 27.9 Å². The average Bonchev–Trinajstić information content (AvgIpc) is 3.31. The molecule has 0 atom stereocenters. The van der Waals surface area contributed by atoms with Gasteiger partial charge in [-0.15, -0.1) is 4.85 Å². The van der Waals surface area contributed by atoms with Gasteiger partial charge in [0.05, 0.1) is 19.4 Å². The zero-order chi connectivity index (χ0) is 22.2. The highest BCUT2D eigenvalue weighted by Gasteiger charge is 2.42. The number of nitrogens with zero attached hydrogens (tertiary/aromatic N) is 7. The van der Waals surface area contributed by atoms with E-state index in [1.54, 1.807) is 0 Å². The maximum absolute atomic E-state index is 13.0. The zero-order valence-corrected chi connectivity index (χ0v) is 15.9. The van der Waals surface area contributed by atoms with Crippen molar-refractivity contribution in [2.24, 2.45) is 0 Å². The van der Waals surface area contributed by atoms with Gasteiger partial charge in [-0.1, -0.05) is 5.16 Å².